The Labute approximate surface area is 114 Å². The van der Waals surface area contributed by atoms with E-state index in [4.69, 9.17) is 0 Å². The zero-order valence-corrected chi connectivity index (χ0v) is 11.8. The summed E-state index contributed by atoms with van der Waals surface area (Å²) in [5.74, 6) is 0.114. The molecule has 0 unspecified atom stereocenters. The third kappa shape index (κ3) is 3.30. The average Bonchev–Trinajstić information content (AvgIpc) is 2.40. The summed E-state index contributed by atoms with van der Waals surface area (Å²) < 4.78 is 0.792. The van der Waals surface area contributed by atoms with Crippen LogP contribution in [0, 0.1) is 0 Å². The van der Waals surface area contributed by atoms with Crippen LogP contribution in [0.1, 0.15) is 22.8 Å². The molecule has 2 aromatic rings. The molecular weight excluding hydrogens is 234 g/mol. The van der Waals surface area contributed by atoms with Crippen molar-refractivity contribution in [3.63, 3.8) is 0 Å². The molecule has 0 bridgehead atoms. The SMILES string of the molecule is CC(=O)c1ccc(C[N+](C)(C)c2ccccc2)cc1. The number of ketones is 1. The average molecular weight is 254 g/mol. The second-order valence-electron chi connectivity index (χ2n) is 5.43. The van der Waals surface area contributed by atoms with Crippen molar-refractivity contribution in [3.8, 4) is 0 Å². The number of benzene rings is 2. The molecule has 0 aliphatic carbocycles. The maximum Gasteiger partial charge on any atom is 0.159 e. The van der Waals surface area contributed by atoms with Crippen molar-refractivity contribution in [1.29, 1.82) is 0 Å². The Hall–Kier alpha value is -1.93. The predicted octanol–water partition coefficient (Wildman–Crippen LogP) is 3.66. The quantitative estimate of drug-likeness (QED) is 0.601. The van der Waals surface area contributed by atoms with E-state index in [1.165, 1.54) is 11.3 Å². The topological polar surface area (TPSA) is 17.1 Å². The molecule has 0 spiro atoms. The van der Waals surface area contributed by atoms with Gasteiger partial charge in [0.05, 0.1) is 14.1 Å². The van der Waals surface area contributed by atoms with Crippen molar-refractivity contribution in [1.82, 2.24) is 4.48 Å². The van der Waals surface area contributed by atoms with Crippen LogP contribution in [0.15, 0.2) is 54.6 Å². The number of hydrogen-bond donors (Lipinski definition) is 0. The molecule has 0 aliphatic rings. The summed E-state index contributed by atoms with van der Waals surface area (Å²) in [6, 6.07) is 18.3. The maximum absolute atomic E-state index is 11.3. The summed E-state index contributed by atoms with van der Waals surface area (Å²) in [6.07, 6.45) is 0. The van der Waals surface area contributed by atoms with E-state index in [-0.39, 0.29) is 5.78 Å². The van der Waals surface area contributed by atoms with E-state index in [9.17, 15) is 4.79 Å². The monoisotopic (exact) mass is 254 g/mol. The fraction of sp³-hybridized carbons (Fsp3) is 0.235. The van der Waals surface area contributed by atoms with Gasteiger partial charge in [0.1, 0.15) is 12.2 Å². The smallest absolute Gasteiger partial charge is 0.159 e. The molecule has 0 aromatic heterocycles. The van der Waals surface area contributed by atoms with Crippen molar-refractivity contribution in [3.05, 3.63) is 65.7 Å². The van der Waals surface area contributed by atoms with Gasteiger partial charge in [-0.2, -0.15) is 0 Å². The van der Waals surface area contributed by atoms with Crippen LogP contribution in [-0.4, -0.2) is 19.9 Å². The van der Waals surface area contributed by atoms with Crippen LogP contribution < -0.4 is 4.48 Å². The maximum atomic E-state index is 11.3. The molecule has 0 fully saturated rings. The lowest BCUT2D eigenvalue weighted by atomic mass is 10.1. The van der Waals surface area contributed by atoms with Crippen LogP contribution in [0.25, 0.3) is 0 Å². The van der Waals surface area contributed by atoms with Gasteiger partial charge in [-0.1, -0.05) is 42.5 Å². The lowest BCUT2D eigenvalue weighted by molar-refractivity contribution is 0.101. The molecule has 0 atom stereocenters. The van der Waals surface area contributed by atoms with Gasteiger partial charge in [-0.05, 0) is 19.1 Å². The molecule has 0 saturated heterocycles. The number of hydrogen-bond acceptors (Lipinski definition) is 1. The van der Waals surface area contributed by atoms with Crippen molar-refractivity contribution < 1.29 is 4.79 Å². The third-order valence-electron chi connectivity index (χ3n) is 3.39. The van der Waals surface area contributed by atoms with Gasteiger partial charge in [0.2, 0.25) is 0 Å². The van der Waals surface area contributed by atoms with Gasteiger partial charge in [-0.25, -0.2) is 0 Å². The molecule has 2 heteroatoms. The molecule has 0 radical (unpaired) electrons. The Bertz CT molecular complexity index is 556. The lowest BCUT2D eigenvalue weighted by Gasteiger charge is -2.29. The first-order chi connectivity index (χ1) is 8.99. The second kappa shape index (κ2) is 5.37. The number of carbonyl (C=O) groups is 1. The number of quaternary nitrogens is 1. The van der Waals surface area contributed by atoms with E-state index in [1.807, 2.05) is 30.3 Å². The Kier molecular flexibility index (Phi) is 3.82. The first-order valence-corrected chi connectivity index (χ1v) is 6.47. The highest BCUT2D eigenvalue weighted by molar-refractivity contribution is 5.94. The Morgan fingerprint density at radius 3 is 2.05 bits per heavy atom. The first kappa shape index (κ1) is 13.5. The zero-order valence-electron chi connectivity index (χ0n) is 11.8. The van der Waals surface area contributed by atoms with Crippen molar-refractivity contribution in [2.75, 3.05) is 14.1 Å². The molecular formula is C17H20NO+. The van der Waals surface area contributed by atoms with Crippen LogP contribution in [0.3, 0.4) is 0 Å². The van der Waals surface area contributed by atoms with Gasteiger partial charge in [0.25, 0.3) is 0 Å². The first-order valence-electron chi connectivity index (χ1n) is 6.47. The Balaban J connectivity index is 2.18. The van der Waals surface area contributed by atoms with Crippen LogP contribution in [-0.2, 0) is 6.54 Å². The minimum atomic E-state index is 0.114. The minimum absolute atomic E-state index is 0.114. The highest BCUT2D eigenvalue weighted by Gasteiger charge is 2.18. The van der Waals surface area contributed by atoms with Gasteiger partial charge in [-0.15, -0.1) is 0 Å². The van der Waals surface area contributed by atoms with Gasteiger partial charge in [0.15, 0.2) is 5.78 Å². The van der Waals surface area contributed by atoms with E-state index >= 15 is 0 Å². The van der Waals surface area contributed by atoms with Gasteiger partial charge >= 0.3 is 0 Å². The molecule has 0 amide bonds. The molecule has 98 valence electrons. The lowest BCUT2D eigenvalue weighted by Crippen LogP contribution is -2.39. The third-order valence-corrected chi connectivity index (χ3v) is 3.39. The largest absolute Gasteiger partial charge is 0.295 e. The summed E-state index contributed by atoms with van der Waals surface area (Å²) in [5.41, 5.74) is 3.28. The van der Waals surface area contributed by atoms with Gasteiger partial charge < -0.3 is 0 Å². The number of Topliss-reactive ketones (excluding diaryl/α,β-unsaturated/α-hetero) is 1. The van der Waals surface area contributed by atoms with Crippen molar-refractivity contribution >= 4 is 11.5 Å². The molecule has 0 aliphatic heterocycles. The van der Waals surface area contributed by atoms with Crippen LogP contribution >= 0.6 is 0 Å². The summed E-state index contributed by atoms with van der Waals surface area (Å²) in [5, 5.41) is 0. The van der Waals surface area contributed by atoms with Gasteiger partial charge in [-0.3, -0.25) is 9.28 Å². The summed E-state index contributed by atoms with van der Waals surface area (Å²) >= 11 is 0. The number of para-hydroxylation sites is 1. The molecule has 2 aromatic carbocycles. The molecule has 19 heavy (non-hydrogen) atoms. The number of rotatable bonds is 4. The van der Waals surface area contributed by atoms with Crippen LogP contribution in [0.5, 0.6) is 0 Å². The zero-order chi connectivity index (χ0) is 13.9. The summed E-state index contributed by atoms with van der Waals surface area (Å²) in [7, 11) is 4.38. The van der Waals surface area contributed by atoms with Crippen LogP contribution in [0.2, 0.25) is 0 Å². The number of carbonyl (C=O) groups excluding carboxylic acids is 1. The predicted molar refractivity (Wildman–Crippen MR) is 80.2 cm³/mol. The molecule has 2 rings (SSSR count). The van der Waals surface area contributed by atoms with Crippen LogP contribution in [0.4, 0.5) is 5.69 Å². The van der Waals surface area contributed by atoms with E-state index in [2.05, 4.69) is 38.4 Å². The highest BCUT2D eigenvalue weighted by atomic mass is 16.1. The molecule has 2 nitrogen and oxygen atoms in total. The fourth-order valence-electron chi connectivity index (χ4n) is 2.22. The molecule has 0 heterocycles. The number of nitrogens with zero attached hydrogens (tertiary/aromatic N) is 1. The van der Waals surface area contributed by atoms with Gasteiger partial charge in [0, 0.05) is 11.1 Å². The highest BCUT2D eigenvalue weighted by Crippen LogP contribution is 2.21. The fourth-order valence-corrected chi connectivity index (χ4v) is 2.22. The summed E-state index contributed by atoms with van der Waals surface area (Å²) in [4.78, 5) is 11.3. The molecule has 0 N–H and O–H groups in total. The van der Waals surface area contributed by atoms with E-state index in [0.29, 0.717) is 0 Å². The van der Waals surface area contributed by atoms with E-state index < -0.39 is 0 Å². The normalized spacial score (nSPS) is 11.3. The Morgan fingerprint density at radius 1 is 0.947 bits per heavy atom. The Morgan fingerprint density at radius 2 is 1.53 bits per heavy atom. The minimum Gasteiger partial charge on any atom is -0.295 e. The summed E-state index contributed by atoms with van der Waals surface area (Å²) in [6.45, 7) is 2.50. The molecule has 0 saturated carbocycles. The standard InChI is InChI=1S/C17H20NO/c1-14(19)16-11-9-15(10-12-16)13-18(2,3)17-7-5-4-6-8-17/h4-12H,13H2,1-3H3/q+1. The van der Waals surface area contributed by atoms with E-state index in [0.717, 1.165) is 16.6 Å². The second-order valence-corrected chi connectivity index (χ2v) is 5.43. The van der Waals surface area contributed by atoms with Crippen molar-refractivity contribution in [2.24, 2.45) is 0 Å². The van der Waals surface area contributed by atoms with E-state index in [1.54, 1.807) is 6.92 Å². The van der Waals surface area contributed by atoms with Crippen molar-refractivity contribution in [2.45, 2.75) is 13.5 Å².